The zero-order chi connectivity index (χ0) is 24.7. The number of imide groups is 1. The molecule has 2 aromatic rings. The molecule has 1 aromatic carbocycles. The molecule has 9 heteroatoms. The van der Waals surface area contributed by atoms with Crippen LogP contribution in [-0.2, 0) is 27.0 Å². The van der Waals surface area contributed by atoms with Gasteiger partial charge in [-0.25, -0.2) is 4.79 Å². The Labute approximate surface area is 199 Å². The zero-order valence-electron chi connectivity index (χ0n) is 20.3. The van der Waals surface area contributed by atoms with Gasteiger partial charge in [0.05, 0.1) is 22.7 Å². The first-order valence-electron chi connectivity index (χ1n) is 12.0. The van der Waals surface area contributed by atoms with Crippen molar-refractivity contribution >= 4 is 28.8 Å². The summed E-state index contributed by atoms with van der Waals surface area (Å²) in [7, 11) is 1.82. The first-order chi connectivity index (χ1) is 15.9. The minimum Gasteiger partial charge on any atom is -0.444 e. The normalized spacial score (nSPS) is 25.8. The lowest BCUT2D eigenvalue weighted by Crippen LogP contribution is -2.39. The van der Waals surface area contributed by atoms with E-state index in [1.807, 2.05) is 46.0 Å². The molecular weight excluding hydrogens is 436 g/mol. The van der Waals surface area contributed by atoms with E-state index >= 15 is 0 Å². The minimum absolute atomic E-state index is 0.247. The molecule has 3 amide bonds. The Balaban J connectivity index is 1.44. The number of carbonyl (C=O) groups is 3. The van der Waals surface area contributed by atoms with Gasteiger partial charge in [-0.1, -0.05) is 12.1 Å². The van der Waals surface area contributed by atoms with Gasteiger partial charge in [0.15, 0.2) is 0 Å². The van der Waals surface area contributed by atoms with Crippen LogP contribution in [-0.4, -0.2) is 44.9 Å². The van der Waals surface area contributed by atoms with Gasteiger partial charge in [0.2, 0.25) is 11.8 Å². The number of hydrogen-bond donors (Lipinski definition) is 3. The quantitative estimate of drug-likeness (QED) is 0.591. The molecule has 0 radical (unpaired) electrons. The lowest BCUT2D eigenvalue weighted by Gasteiger charge is -2.36. The summed E-state index contributed by atoms with van der Waals surface area (Å²) in [5.41, 5.74) is 0.864. The molecule has 34 heavy (non-hydrogen) atoms. The number of piperidine rings is 1. The third kappa shape index (κ3) is 5.09. The number of benzene rings is 1. The van der Waals surface area contributed by atoms with Gasteiger partial charge in [-0.05, 0) is 70.4 Å². The van der Waals surface area contributed by atoms with Crippen LogP contribution in [0.25, 0.3) is 10.9 Å². The minimum atomic E-state index is -0.949. The monoisotopic (exact) mass is 470 g/mol. The topological polar surface area (TPSA) is 123 Å². The van der Waals surface area contributed by atoms with E-state index in [2.05, 4.69) is 15.7 Å². The Kier molecular flexibility index (Phi) is 6.42. The van der Waals surface area contributed by atoms with E-state index in [-0.39, 0.29) is 17.7 Å². The van der Waals surface area contributed by atoms with Crippen molar-refractivity contribution in [1.29, 1.82) is 0 Å². The molecule has 2 aliphatic rings. The van der Waals surface area contributed by atoms with Crippen LogP contribution >= 0.6 is 0 Å². The summed E-state index contributed by atoms with van der Waals surface area (Å²) in [6.45, 7) is 6.03. The molecule has 1 saturated carbocycles. The standard InChI is InChI=1S/C25H34N4O5/c1-24(2,3)34-23(32)26-14-15-9-11-25(33,12-10-15)16-5-6-17-19(13-16)29(4)28-21(17)18-7-8-20(30)27-22(18)31/h5-6,13,15,18,33H,7-12,14H2,1-4H3,(H,26,32)(H,27,30,31). The molecule has 1 unspecified atom stereocenters. The molecule has 1 aromatic heterocycles. The van der Waals surface area contributed by atoms with E-state index in [0.29, 0.717) is 37.9 Å². The molecule has 1 atom stereocenters. The van der Waals surface area contributed by atoms with Crippen molar-refractivity contribution in [3.63, 3.8) is 0 Å². The molecule has 0 bridgehead atoms. The second kappa shape index (κ2) is 9.02. The Hall–Kier alpha value is -2.94. The van der Waals surface area contributed by atoms with Crippen LogP contribution < -0.4 is 10.6 Å². The molecule has 0 spiro atoms. The molecule has 2 fully saturated rings. The number of nitrogens with one attached hydrogen (secondary N) is 2. The lowest BCUT2D eigenvalue weighted by atomic mass is 9.75. The molecule has 1 aliphatic carbocycles. The van der Waals surface area contributed by atoms with Crippen molar-refractivity contribution in [2.75, 3.05) is 6.54 Å². The average Bonchev–Trinajstić information content (AvgIpc) is 3.08. The van der Waals surface area contributed by atoms with E-state index < -0.39 is 23.2 Å². The maximum Gasteiger partial charge on any atom is 0.407 e. The second-order valence-electron chi connectivity index (χ2n) is 10.6. The molecule has 1 aliphatic heterocycles. The summed E-state index contributed by atoms with van der Waals surface area (Å²) < 4.78 is 7.03. The van der Waals surface area contributed by atoms with Gasteiger partial charge in [0.25, 0.3) is 0 Å². The van der Waals surface area contributed by atoms with Gasteiger partial charge < -0.3 is 15.2 Å². The van der Waals surface area contributed by atoms with Crippen molar-refractivity contribution in [3.8, 4) is 0 Å². The third-order valence-corrected chi connectivity index (χ3v) is 6.85. The third-order valence-electron chi connectivity index (χ3n) is 6.85. The highest BCUT2D eigenvalue weighted by Crippen LogP contribution is 2.41. The number of aryl methyl sites for hydroxylation is 1. The van der Waals surface area contributed by atoms with Crippen LogP contribution in [0.15, 0.2) is 18.2 Å². The highest BCUT2D eigenvalue weighted by atomic mass is 16.6. The second-order valence-corrected chi connectivity index (χ2v) is 10.6. The molecule has 2 heterocycles. The molecule has 9 nitrogen and oxygen atoms in total. The summed E-state index contributed by atoms with van der Waals surface area (Å²) >= 11 is 0. The van der Waals surface area contributed by atoms with Crippen LogP contribution in [0.3, 0.4) is 0 Å². The van der Waals surface area contributed by atoms with Crippen molar-refractivity contribution in [3.05, 3.63) is 29.5 Å². The number of aromatic nitrogens is 2. The van der Waals surface area contributed by atoms with E-state index in [0.717, 1.165) is 29.3 Å². The highest BCUT2D eigenvalue weighted by molar-refractivity contribution is 6.02. The number of ether oxygens (including phenoxy) is 1. The number of rotatable bonds is 4. The first-order valence-corrected chi connectivity index (χ1v) is 12.0. The predicted molar refractivity (Wildman–Crippen MR) is 126 cm³/mol. The smallest absolute Gasteiger partial charge is 0.407 e. The molecule has 184 valence electrons. The zero-order valence-corrected chi connectivity index (χ0v) is 20.3. The number of alkyl carbamates (subject to hydrolysis) is 1. The van der Waals surface area contributed by atoms with Crippen molar-refractivity contribution in [2.45, 2.75) is 76.4 Å². The van der Waals surface area contributed by atoms with Gasteiger partial charge in [0.1, 0.15) is 5.60 Å². The van der Waals surface area contributed by atoms with E-state index in [1.165, 1.54) is 0 Å². The van der Waals surface area contributed by atoms with E-state index in [9.17, 15) is 19.5 Å². The Bertz CT molecular complexity index is 1110. The largest absolute Gasteiger partial charge is 0.444 e. The Morgan fingerprint density at radius 2 is 1.97 bits per heavy atom. The average molecular weight is 471 g/mol. The van der Waals surface area contributed by atoms with Gasteiger partial charge in [-0.15, -0.1) is 0 Å². The highest BCUT2D eigenvalue weighted by Gasteiger charge is 2.36. The summed E-state index contributed by atoms with van der Waals surface area (Å²) in [5, 5.41) is 22.1. The fraction of sp³-hybridized carbons (Fsp3) is 0.600. The number of carbonyl (C=O) groups excluding carboxylic acids is 3. The fourth-order valence-corrected chi connectivity index (χ4v) is 4.98. The summed E-state index contributed by atoms with van der Waals surface area (Å²) in [5.74, 6) is -0.726. The van der Waals surface area contributed by atoms with Crippen LogP contribution in [0.4, 0.5) is 4.79 Å². The van der Waals surface area contributed by atoms with Crippen LogP contribution in [0.1, 0.15) is 76.5 Å². The van der Waals surface area contributed by atoms with Gasteiger partial charge in [-0.2, -0.15) is 5.10 Å². The van der Waals surface area contributed by atoms with Crippen LogP contribution in [0, 0.1) is 5.92 Å². The first kappa shape index (κ1) is 24.2. The number of aliphatic hydroxyl groups is 1. The van der Waals surface area contributed by atoms with Gasteiger partial charge >= 0.3 is 6.09 Å². The molecular formula is C25H34N4O5. The summed E-state index contributed by atoms with van der Waals surface area (Å²) in [6, 6.07) is 5.79. The van der Waals surface area contributed by atoms with Gasteiger partial charge in [0, 0.05) is 25.4 Å². The number of hydrogen-bond acceptors (Lipinski definition) is 6. The van der Waals surface area contributed by atoms with Crippen LogP contribution in [0.5, 0.6) is 0 Å². The number of fused-ring (bicyclic) bond motifs is 1. The number of nitrogens with zero attached hydrogens (tertiary/aromatic N) is 2. The van der Waals surface area contributed by atoms with Crippen molar-refractivity contribution in [2.24, 2.45) is 13.0 Å². The van der Waals surface area contributed by atoms with Crippen LogP contribution in [0.2, 0.25) is 0 Å². The predicted octanol–water partition coefficient (Wildman–Crippen LogP) is 3.00. The lowest BCUT2D eigenvalue weighted by molar-refractivity contribution is -0.134. The fourth-order valence-electron chi connectivity index (χ4n) is 4.98. The van der Waals surface area contributed by atoms with Crippen molar-refractivity contribution < 1.29 is 24.2 Å². The molecule has 3 N–H and O–H groups in total. The van der Waals surface area contributed by atoms with Gasteiger partial charge in [-0.3, -0.25) is 19.6 Å². The summed E-state index contributed by atoms with van der Waals surface area (Å²) in [6.07, 6.45) is 3.10. The molecule has 1 saturated heterocycles. The Morgan fingerprint density at radius 1 is 1.26 bits per heavy atom. The maximum absolute atomic E-state index is 12.4. The maximum atomic E-state index is 12.4. The number of amides is 3. The summed E-state index contributed by atoms with van der Waals surface area (Å²) in [4.78, 5) is 35.8. The van der Waals surface area contributed by atoms with E-state index in [4.69, 9.17) is 4.74 Å². The van der Waals surface area contributed by atoms with E-state index in [1.54, 1.807) is 4.68 Å². The molecule has 4 rings (SSSR count). The van der Waals surface area contributed by atoms with Crippen molar-refractivity contribution in [1.82, 2.24) is 20.4 Å². The Morgan fingerprint density at radius 3 is 2.62 bits per heavy atom. The SMILES string of the molecule is Cn1nc(C2CCC(=O)NC2=O)c2ccc(C3(O)CCC(CNC(=O)OC(C)(C)C)CC3)cc21.